The molecule has 0 spiro atoms. The van der Waals surface area contributed by atoms with Crippen LogP contribution in [0.2, 0.25) is 0 Å². The van der Waals surface area contributed by atoms with Crippen LogP contribution >= 0.6 is 0 Å². The molecule has 0 fully saturated rings. The summed E-state index contributed by atoms with van der Waals surface area (Å²) < 4.78 is 57.3. The standard InChI is InChI=1S/C30H33NO9S2/c1-22-7-6-10-26(19-22)42(38,39)30(2,21-41(36,37)20-23-8-4-3-5-9-23)28(34)24-11-13-25(14-12-24)29(35)31-16-18-40-17-15-27(32)33/h3-14,19H,15-18,20-21H2,1-2H3,(H,31,35)(H,32,33). The SMILES string of the molecule is Cc1cccc(S(=O)(=O)C(C)(CS(=O)(=O)Cc2ccccc2)C(=O)c2ccc(C(=O)NCCOCCC(=O)O)cc2)c1. The fourth-order valence-electron chi connectivity index (χ4n) is 4.29. The number of hydrogen-bond donors (Lipinski definition) is 2. The molecule has 0 aromatic heterocycles. The number of nitrogens with one attached hydrogen (secondary N) is 1. The predicted molar refractivity (Wildman–Crippen MR) is 157 cm³/mol. The summed E-state index contributed by atoms with van der Waals surface area (Å²) in [5.41, 5.74) is 1.19. The molecule has 1 unspecified atom stereocenters. The van der Waals surface area contributed by atoms with Crippen LogP contribution in [0.3, 0.4) is 0 Å². The third-order valence-corrected chi connectivity index (χ3v) is 10.9. The molecular weight excluding hydrogens is 582 g/mol. The third kappa shape index (κ3) is 8.34. The van der Waals surface area contributed by atoms with Crippen molar-refractivity contribution in [2.45, 2.75) is 35.7 Å². The van der Waals surface area contributed by atoms with Crippen LogP contribution in [0.25, 0.3) is 0 Å². The lowest BCUT2D eigenvalue weighted by atomic mass is 9.99. The topological polar surface area (TPSA) is 161 Å². The number of aliphatic carboxylic acids is 1. The average molecular weight is 616 g/mol. The summed E-state index contributed by atoms with van der Waals surface area (Å²) in [5.74, 6) is -3.80. The molecule has 0 bridgehead atoms. The van der Waals surface area contributed by atoms with Crippen molar-refractivity contribution in [2.24, 2.45) is 0 Å². The van der Waals surface area contributed by atoms with E-state index in [-0.39, 0.29) is 42.2 Å². The van der Waals surface area contributed by atoms with Crippen molar-refractivity contribution in [3.63, 3.8) is 0 Å². The summed E-state index contributed by atoms with van der Waals surface area (Å²) in [7, 11) is -8.60. The van der Waals surface area contributed by atoms with Gasteiger partial charge in [0.2, 0.25) is 0 Å². The van der Waals surface area contributed by atoms with Gasteiger partial charge in [-0.15, -0.1) is 0 Å². The van der Waals surface area contributed by atoms with Crippen LogP contribution in [-0.2, 0) is 35.0 Å². The monoisotopic (exact) mass is 615 g/mol. The van der Waals surface area contributed by atoms with Crippen molar-refractivity contribution < 1.29 is 41.1 Å². The molecule has 0 aliphatic heterocycles. The van der Waals surface area contributed by atoms with Crippen LogP contribution < -0.4 is 5.32 Å². The number of aryl methyl sites for hydroxylation is 1. The molecule has 42 heavy (non-hydrogen) atoms. The molecule has 1 atom stereocenters. The minimum absolute atomic E-state index is 0.00725. The first-order valence-corrected chi connectivity index (χ1v) is 16.3. The highest BCUT2D eigenvalue weighted by Gasteiger charge is 2.50. The van der Waals surface area contributed by atoms with Gasteiger partial charge in [0.1, 0.15) is 0 Å². The fourth-order valence-corrected chi connectivity index (χ4v) is 8.70. The number of ether oxygens (including phenoxy) is 1. The molecule has 0 saturated heterocycles. The van der Waals surface area contributed by atoms with Crippen LogP contribution in [0.5, 0.6) is 0 Å². The van der Waals surface area contributed by atoms with E-state index in [1.807, 2.05) is 0 Å². The van der Waals surface area contributed by atoms with Gasteiger partial charge in [-0.05, 0) is 49.2 Å². The number of carboxylic acids is 1. The number of benzene rings is 3. The van der Waals surface area contributed by atoms with Crippen LogP contribution in [0.1, 0.15) is 45.2 Å². The van der Waals surface area contributed by atoms with Gasteiger partial charge in [0.05, 0.1) is 36.0 Å². The molecule has 224 valence electrons. The Morgan fingerprint density at radius 2 is 1.50 bits per heavy atom. The number of sulfone groups is 2. The van der Waals surface area contributed by atoms with Crippen LogP contribution in [0.15, 0.2) is 83.8 Å². The molecule has 0 aliphatic carbocycles. The van der Waals surface area contributed by atoms with Crippen molar-refractivity contribution in [1.82, 2.24) is 5.32 Å². The second-order valence-electron chi connectivity index (χ2n) is 9.99. The van der Waals surface area contributed by atoms with Crippen molar-refractivity contribution in [2.75, 3.05) is 25.5 Å². The van der Waals surface area contributed by atoms with E-state index in [1.54, 1.807) is 43.3 Å². The average Bonchev–Trinajstić information content (AvgIpc) is 2.94. The number of carboxylic acid groups (broad SMARTS) is 1. The molecule has 10 nitrogen and oxygen atoms in total. The minimum atomic E-state index is -4.51. The highest BCUT2D eigenvalue weighted by molar-refractivity contribution is 7.96. The molecule has 3 rings (SSSR count). The summed E-state index contributed by atoms with van der Waals surface area (Å²) in [6.45, 7) is 3.04. The Kier molecular flexibility index (Phi) is 10.8. The van der Waals surface area contributed by atoms with Crippen molar-refractivity contribution in [3.8, 4) is 0 Å². The Bertz CT molecular complexity index is 1640. The van der Waals surface area contributed by atoms with Gasteiger partial charge in [0.25, 0.3) is 5.91 Å². The Morgan fingerprint density at radius 3 is 2.12 bits per heavy atom. The molecular formula is C30H33NO9S2. The lowest BCUT2D eigenvalue weighted by Crippen LogP contribution is -2.49. The van der Waals surface area contributed by atoms with Gasteiger partial charge in [0, 0.05) is 17.7 Å². The summed E-state index contributed by atoms with van der Waals surface area (Å²) in [5, 5.41) is 11.2. The first-order chi connectivity index (χ1) is 19.7. The van der Waals surface area contributed by atoms with Crippen LogP contribution in [-0.4, -0.2) is 69.9 Å². The Labute approximate surface area is 245 Å². The first-order valence-electron chi connectivity index (χ1n) is 13.0. The van der Waals surface area contributed by atoms with E-state index in [4.69, 9.17) is 9.84 Å². The molecule has 3 aromatic carbocycles. The van der Waals surface area contributed by atoms with Crippen LogP contribution in [0, 0.1) is 6.92 Å². The maximum atomic E-state index is 14.0. The van der Waals surface area contributed by atoms with Crippen molar-refractivity contribution >= 4 is 37.3 Å². The van der Waals surface area contributed by atoms with Gasteiger partial charge < -0.3 is 15.2 Å². The summed E-state index contributed by atoms with van der Waals surface area (Å²) in [6, 6.07) is 19.5. The number of amides is 1. The lowest BCUT2D eigenvalue weighted by Gasteiger charge is -2.28. The molecule has 12 heteroatoms. The smallest absolute Gasteiger partial charge is 0.305 e. The minimum Gasteiger partial charge on any atom is -0.481 e. The van der Waals surface area contributed by atoms with E-state index in [0.717, 1.165) is 6.92 Å². The molecule has 2 N–H and O–H groups in total. The number of hydrogen-bond acceptors (Lipinski definition) is 8. The zero-order chi connectivity index (χ0) is 31.0. The van der Waals surface area contributed by atoms with E-state index in [1.165, 1.54) is 42.5 Å². The quantitative estimate of drug-likeness (QED) is 0.193. The van der Waals surface area contributed by atoms with E-state index < -0.39 is 53.6 Å². The van der Waals surface area contributed by atoms with Gasteiger partial charge in [-0.3, -0.25) is 14.4 Å². The van der Waals surface area contributed by atoms with Crippen molar-refractivity contribution in [1.29, 1.82) is 0 Å². The summed E-state index contributed by atoms with van der Waals surface area (Å²) in [4.78, 5) is 36.7. The molecule has 0 radical (unpaired) electrons. The number of carbonyl (C=O) groups is 3. The summed E-state index contributed by atoms with van der Waals surface area (Å²) in [6.07, 6.45) is -0.157. The van der Waals surface area contributed by atoms with Gasteiger partial charge >= 0.3 is 5.97 Å². The second kappa shape index (κ2) is 13.9. The molecule has 0 heterocycles. The van der Waals surface area contributed by atoms with Crippen molar-refractivity contribution in [3.05, 3.63) is 101 Å². The Hall–Kier alpha value is -3.87. The lowest BCUT2D eigenvalue weighted by molar-refractivity contribution is -0.138. The zero-order valence-corrected chi connectivity index (χ0v) is 24.9. The highest BCUT2D eigenvalue weighted by atomic mass is 32.2. The van der Waals surface area contributed by atoms with E-state index in [2.05, 4.69) is 5.32 Å². The highest BCUT2D eigenvalue weighted by Crippen LogP contribution is 2.32. The Morgan fingerprint density at radius 1 is 0.857 bits per heavy atom. The summed E-state index contributed by atoms with van der Waals surface area (Å²) >= 11 is 0. The zero-order valence-electron chi connectivity index (χ0n) is 23.3. The molecule has 0 aliphatic rings. The number of Topliss-reactive ketones (excluding diaryl/α,β-unsaturated/α-hetero) is 1. The van der Waals surface area contributed by atoms with Gasteiger partial charge in [-0.2, -0.15) is 0 Å². The van der Waals surface area contributed by atoms with E-state index in [9.17, 15) is 31.2 Å². The number of rotatable bonds is 15. The Balaban J connectivity index is 1.87. The van der Waals surface area contributed by atoms with Gasteiger partial charge in [-0.1, -0.05) is 54.6 Å². The molecule has 3 aromatic rings. The molecule has 0 saturated carbocycles. The van der Waals surface area contributed by atoms with Gasteiger partial charge in [0.15, 0.2) is 30.2 Å². The maximum Gasteiger partial charge on any atom is 0.305 e. The van der Waals surface area contributed by atoms with E-state index in [0.29, 0.717) is 11.1 Å². The predicted octanol–water partition coefficient (Wildman–Crippen LogP) is 3.25. The fraction of sp³-hybridized carbons (Fsp3) is 0.300. The largest absolute Gasteiger partial charge is 0.481 e. The maximum absolute atomic E-state index is 14.0. The van der Waals surface area contributed by atoms with Crippen LogP contribution in [0.4, 0.5) is 0 Å². The number of ketones is 1. The van der Waals surface area contributed by atoms with E-state index >= 15 is 0 Å². The second-order valence-corrected chi connectivity index (χ2v) is 14.4. The normalized spacial score (nSPS) is 13.2. The molecule has 1 amide bonds. The first kappa shape index (κ1) is 32.6. The van der Waals surface area contributed by atoms with Gasteiger partial charge in [-0.25, -0.2) is 16.8 Å². The third-order valence-electron chi connectivity index (χ3n) is 6.50. The number of carbonyl (C=O) groups excluding carboxylic acids is 2.